The average molecular weight is 431 g/mol. The number of anilines is 1. The van der Waals surface area contributed by atoms with Crippen LogP contribution in [0, 0.1) is 0 Å². The van der Waals surface area contributed by atoms with Gasteiger partial charge in [-0.15, -0.1) is 0 Å². The standard InChI is InChI=1S/C25H21NO6/c1-3-31-21(27)14-15(2)32-25(30)17-10-4-5-13-20(17)26-23(28)18-11-6-8-16-9-7-12-19(22(16)18)24(26)29/h4-13,15H,3,14H2,1-2H3/t15-/m0/s1. The van der Waals surface area contributed by atoms with E-state index in [-0.39, 0.29) is 24.3 Å². The van der Waals surface area contributed by atoms with Gasteiger partial charge in [-0.25, -0.2) is 9.69 Å². The highest BCUT2D eigenvalue weighted by atomic mass is 16.6. The Balaban J connectivity index is 1.69. The first-order chi connectivity index (χ1) is 15.4. The number of hydrogen-bond donors (Lipinski definition) is 0. The zero-order valence-corrected chi connectivity index (χ0v) is 17.7. The Morgan fingerprint density at radius 1 is 0.906 bits per heavy atom. The van der Waals surface area contributed by atoms with Crippen molar-refractivity contribution in [3.8, 4) is 0 Å². The summed E-state index contributed by atoms with van der Waals surface area (Å²) in [4.78, 5) is 52.2. The molecule has 1 aliphatic heterocycles. The molecule has 0 aromatic heterocycles. The van der Waals surface area contributed by atoms with Crippen LogP contribution in [0.15, 0.2) is 60.7 Å². The Hall–Kier alpha value is -4.00. The molecule has 7 heteroatoms. The van der Waals surface area contributed by atoms with Crippen LogP contribution in [0.3, 0.4) is 0 Å². The SMILES string of the molecule is CCOC(=O)C[C@H](C)OC(=O)c1ccccc1N1C(=O)c2cccc3cccc(c23)C1=O. The van der Waals surface area contributed by atoms with Crippen LogP contribution in [0.5, 0.6) is 0 Å². The number of benzene rings is 3. The zero-order chi connectivity index (χ0) is 22.8. The van der Waals surface area contributed by atoms with Gasteiger partial charge in [-0.1, -0.05) is 36.4 Å². The van der Waals surface area contributed by atoms with Gasteiger partial charge in [0.15, 0.2) is 0 Å². The summed E-state index contributed by atoms with van der Waals surface area (Å²) in [7, 11) is 0. The van der Waals surface area contributed by atoms with Crippen LogP contribution in [0.4, 0.5) is 5.69 Å². The van der Waals surface area contributed by atoms with Crippen molar-refractivity contribution in [3.63, 3.8) is 0 Å². The zero-order valence-electron chi connectivity index (χ0n) is 17.7. The minimum absolute atomic E-state index is 0.0523. The average Bonchev–Trinajstić information content (AvgIpc) is 2.77. The number of rotatable bonds is 6. The fourth-order valence-electron chi connectivity index (χ4n) is 3.83. The van der Waals surface area contributed by atoms with Crippen LogP contribution in [0.1, 0.15) is 51.3 Å². The van der Waals surface area contributed by atoms with Gasteiger partial charge < -0.3 is 9.47 Å². The van der Waals surface area contributed by atoms with Crippen molar-refractivity contribution in [2.75, 3.05) is 11.5 Å². The van der Waals surface area contributed by atoms with E-state index in [4.69, 9.17) is 9.47 Å². The molecule has 0 N–H and O–H groups in total. The molecule has 0 fully saturated rings. The van der Waals surface area contributed by atoms with Gasteiger partial charge in [0.1, 0.15) is 6.10 Å². The van der Waals surface area contributed by atoms with Crippen LogP contribution < -0.4 is 4.90 Å². The van der Waals surface area contributed by atoms with Crippen molar-refractivity contribution in [2.45, 2.75) is 26.4 Å². The highest BCUT2D eigenvalue weighted by molar-refractivity contribution is 6.36. The fourth-order valence-corrected chi connectivity index (χ4v) is 3.83. The van der Waals surface area contributed by atoms with Crippen LogP contribution in [0.25, 0.3) is 10.8 Å². The Morgan fingerprint density at radius 2 is 1.53 bits per heavy atom. The Kier molecular flexibility index (Phi) is 5.73. The maximum absolute atomic E-state index is 13.3. The van der Waals surface area contributed by atoms with E-state index in [1.54, 1.807) is 50.2 Å². The van der Waals surface area contributed by atoms with E-state index in [2.05, 4.69) is 0 Å². The number of para-hydroxylation sites is 1. The third kappa shape index (κ3) is 3.73. The summed E-state index contributed by atoms with van der Waals surface area (Å²) in [5, 5.41) is 1.39. The number of nitrogens with zero attached hydrogens (tertiary/aromatic N) is 1. The molecule has 1 atom stereocenters. The molecule has 1 aliphatic rings. The molecular weight excluding hydrogens is 410 g/mol. The molecule has 4 rings (SSSR count). The molecule has 0 saturated heterocycles. The molecule has 3 aromatic rings. The van der Waals surface area contributed by atoms with Gasteiger partial charge in [-0.2, -0.15) is 0 Å². The normalized spacial score (nSPS) is 13.8. The maximum Gasteiger partial charge on any atom is 0.340 e. The summed E-state index contributed by atoms with van der Waals surface area (Å²) in [6.45, 7) is 3.50. The Morgan fingerprint density at radius 3 is 2.16 bits per heavy atom. The molecule has 1 heterocycles. The van der Waals surface area contributed by atoms with E-state index >= 15 is 0 Å². The minimum Gasteiger partial charge on any atom is -0.466 e. The lowest BCUT2D eigenvalue weighted by Crippen LogP contribution is -2.41. The minimum atomic E-state index is -0.741. The molecule has 2 amide bonds. The lowest BCUT2D eigenvalue weighted by Gasteiger charge is -2.28. The fraction of sp³-hybridized carbons (Fsp3) is 0.200. The van der Waals surface area contributed by atoms with Gasteiger partial charge in [-0.3, -0.25) is 14.4 Å². The summed E-state index contributed by atoms with van der Waals surface area (Å²) in [5.74, 6) is -2.25. The Labute approximate surface area is 184 Å². The molecule has 0 radical (unpaired) electrons. The van der Waals surface area contributed by atoms with Crippen LogP contribution in [-0.4, -0.2) is 36.5 Å². The lowest BCUT2D eigenvalue weighted by molar-refractivity contribution is -0.145. The number of amides is 2. The summed E-state index contributed by atoms with van der Waals surface area (Å²) in [5.41, 5.74) is 0.951. The molecule has 3 aromatic carbocycles. The molecule has 32 heavy (non-hydrogen) atoms. The van der Waals surface area contributed by atoms with Gasteiger partial charge in [-0.05, 0) is 43.5 Å². The van der Waals surface area contributed by atoms with Crippen LogP contribution >= 0.6 is 0 Å². The molecule has 0 unspecified atom stereocenters. The summed E-state index contributed by atoms with van der Waals surface area (Å²) in [6, 6.07) is 16.8. The van der Waals surface area contributed by atoms with Crippen molar-refractivity contribution in [1.29, 1.82) is 0 Å². The topological polar surface area (TPSA) is 90.0 Å². The first kappa shape index (κ1) is 21.2. The molecule has 162 valence electrons. The molecule has 0 spiro atoms. The highest BCUT2D eigenvalue weighted by Crippen LogP contribution is 2.34. The number of esters is 2. The van der Waals surface area contributed by atoms with E-state index in [1.165, 1.54) is 12.1 Å². The smallest absolute Gasteiger partial charge is 0.340 e. The van der Waals surface area contributed by atoms with Gasteiger partial charge in [0.05, 0.1) is 24.3 Å². The number of carbonyl (C=O) groups excluding carboxylic acids is 4. The predicted octanol–water partition coefficient (Wildman–Crippen LogP) is 4.14. The molecule has 0 aliphatic carbocycles. The van der Waals surface area contributed by atoms with Crippen molar-refractivity contribution in [3.05, 3.63) is 77.4 Å². The van der Waals surface area contributed by atoms with Crippen molar-refractivity contribution < 1.29 is 28.7 Å². The first-order valence-corrected chi connectivity index (χ1v) is 10.3. The first-order valence-electron chi connectivity index (χ1n) is 10.3. The van der Waals surface area contributed by atoms with Gasteiger partial charge in [0.2, 0.25) is 0 Å². The quantitative estimate of drug-likeness (QED) is 0.430. The molecule has 0 saturated carbocycles. The van der Waals surface area contributed by atoms with Crippen molar-refractivity contribution in [1.82, 2.24) is 0 Å². The van der Waals surface area contributed by atoms with Gasteiger partial charge >= 0.3 is 11.9 Å². The molecule has 0 bridgehead atoms. The Bertz CT molecular complexity index is 1200. The summed E-state index contributed by atoms with van der Waals surface area (Å²) < 4.78 is 10.3. The number of carbonyl (C=O) groups is 4. The van der Waals surface area contributed by atoms with Crippen LogP contribution in [-0.2, 0) is 14.3 Å². The number of ether oxygens (including phenoxy) is 2. The second-order valence-corrected chi connectivity index (χ2v) is 7.40. The van der Waals surface area contributed by atoms with Gasteiger partial charge in [0.25, 0.3) is 11.8 Å². The van der Waals surface area contributed by atoms with E-state index in [1.807, 2.05) is 12.1 Å². The van der Waals surface area contributed by atoms with E-state index in [0.29, 0.717) is 16.5 Å². The second kappa shape index (κ2) is 8.63. The monoisotopic (exact) mass is 431 g/mol. The molecular formula is C25H21NO6. The van der Waals surface area contributed by atoms with Crippen LogP contribution in [0.2, 0.25) is 0 Å². The van der Waals surface area contributed by atoms with E-state index in [9.17, 15) is 19.2 Å². The maximum atomic E-state index is 13.3. The summed E-state index contributed by atoms with van der Waals surface area (Å²) in [6.07, 6.45) is -0.838. The van der Waals surface area contributed by atoms with Crippen molar-refractivity contribution >= 4 is 40.2 Å². The van der Waals surface area contributed by atoms with Crippen molar-refractivity contribution in [2.24, 2.45) is 0 Å². The van der Waals surface area contributed by atoms with E-state index < -0.39 is 29.9 Å². The lowest BCUT2D eigenvalue weighted by atomic mass is 9.93. The third-order valence-electron chi connectivity index (χ3n) is 5.20. The largest absolute Gasteiger partial charge is 0.466 e. The van der Waals surface area contributed by atoms with Gasteiger partial charge in [0, 0.05) is 16.5 Å². The number of imide groups is 1. The third-order valence-corrected chi connectivity index (χ3v) is 5.20. The van der Waals surface area contributed by atoms with E-state index in [0.717, 1.165) is 10.3 Å². The highest BCUT2D eigenvalue weighted by Gasteiger charge is 2.36. The number of hydrogen-bond acceptors (Lipinski definition) is 6. The predicted molar refractivity (Wildman–Crippen MR) is 118 cm³/mol. The molecule has 7 nitrogen and oxygen atoms in total. The second-order valence-electron chi connectivity index (χ2n) is 7.40. The summed E-state index contributed by atoms with van der Waals surface area (Å²) >= 11 is 0.